The van der Waals surface area contributed by atoms with Crippen LogP contribution in [-0.4, -0.2) is 13.7 Å². The van der Waals surface area contributed by atoms with Gasteiger partial charge in [0.2, 0.25) is 0 Å². The maximum atomic E-state index is 10.5. The highest BCUT2D eigenvalue weighted by Gasteiger charge is 2.21. The summed E-state index contributed by atoms with van der Waals surface area (Å²) in [5.41, 5.74) is 12.6. The van der Waals surface area contributed by atoms with Crippen LogP contribution >= 0.6 is 0 Å². The number of aromatic nitrogens is 3. The quantitative estimate of drug-likeness (QED) is 0.184. The Kier molecular flexibility index (Phi) is 6.61. The monoisotopic (exact) mass is 699 g/mol. The lowest BCUT2D eigenvalue weighted by Crippen LogP contribution is -2.01. The molecule has 0 N–H and O–H groups in total. The predicted molar refractivity (Wildman–Crippen MR) is 224 cm³/mol. The summed E-state index contributed by atoms with van der Waals surface area (Å²) in [7, 11) is 0. The highest BCUT2D eigenvalue weighted by Crippen LogP contribution is 2.41. The Hall–Kier alpha value is -7.86. The average molecular weight is 700 g/mol. The maximum absolute atomic E-state index is 10.5. The second kappa shape index (κ2) is 11.8. The van der Waals surface area contributed by atoms with E-state index >= 15 is 0 Å². The predicted octanol–water partition coefficient (Wildman–Crippen LogP) is 12.4. The van der Waals surface area contributed by atoms with Gasteiger partial charge in [-0.1, -0.05) is 103 Å². The summed E-state index contributed by atoms with van der Waals surface area (Å²) in [4.78, 5) is 0. The molecular formula is C50H29N5. The van der Waals surface area contributed by atoms with E-state index in [0.717, 1.165) is 82.8 Å². The van der Waals surface area contributed by atoms with E-state index in [4.69, 9.17) is 0 Å². The molecule has 5 nitrogen and oxygen atoms in total. The fourth-order valence-electron chi connectivity index (χ4n) is 8.75. The van der Waals surface area contributed by atoms with E-state index in [0.29, 0.717) is 11.1 Å². The summed E-state index contributed by atoms with van der Waals surface area (Å²) in [6, 6.07) is 66.0. The van der Waals surface area contributed by atoms with E-state index < -0.39 is 0 Å². The second-order valence-corrected chi connectivity index (χ2v) is 14.0. The Labute approximate surface area is 316 Å². The third-order valence-electron chi connectivity index (χ3n) is 11.0. The molecular weight excluding hydrogens is 671 g/mol. The van der Waals surface area contributed by atoms with Crippen LogP contribution < -0.4 is 0 Å². The molecule has 55 heavy (non-hydrogen) atoms. The molecule has 3 heterocycles. The molecule has 0 unspecified atom stereocenters. The van der Waals surface area contributed by atoms with Crippen molar-refractivity contribution in [2.24, 2.45) is 0 Å². The van der Waals surface area contributed by atoms with E-state index in [1.54, 1.807) is 0 Å². The Balaban J connectivity index is 1.17. The smallest absolute Gasteiger partial charge is 0.0992 e. The molecule has 0 amide bonds. The first kappa shape index (κ1) is 30.7. The highest BCUT2D eigenvalue weighted by molar-refractivity contribution is 6.15. The van der Waals surface area contributed by atoms with Crippen LogP contribution in [0.3, 0.4) is 0 Å². The summed E-state index contributed by atoms with van der Waals surface area (Å²) < 4.78 is 6.94. The molecule has 0 spiro atoms. The van der Waals surface area contributed by atoms with E-state index in [2.05, 4.69) is 171 Å². The van der Waals surface area contributed by atoms with Crippen LogP contribution in [0.25, 0.3) is 93.6 Å². The van der Waals surface area contributed by atoms with Gasteiger partial charge in [0, 0.05) is 43.7 Å². The highest BCUT2D eigenvalue weighted by atomic mass is 15.1. The van der Waals surface area contributed by atoms with Crippen LogP contribution in [0.5, 0.6) is 0 Å². The maximum Gasteiger partial charge on any atom is 0.0992 e. The Morgan fingerprint density at radius 2 is 0.855 bits per heavy atom. The van der Waals surface area contributed by atoms with Gasteiger partial charge in [0.15, 0.2) is 0 Å². The van der Waals surface area contributed by atoms with Crippen LogP contribution in [0.2, 0.25) is 0 Å². The minimum Gasteiger partial charge on any atom is -0.309 e. The van der Waals surface area contributed by atoms with Gasteiger partial charge in [-0.2, -0.15) is 10.5 Å². The zero-order valence-electron chi connectivity index (χ0n) is 29.5. The van der Waals surface area contributed by atoms with E-state index in [1.165, 1.54) is 10.8 Å². The summed E-state index contributed by atoms with van der Waals surface area (Å²) >= 11 is 0. The Bertz CT molecular complexity index is 3420. The van der Waals surface area contributed by atoms with Gasteiger partial charge in [-0.3, -0.25) is 0 Å². The molecule has 0 saturated heterocycles. The van der Waals surface area contributed by atoms with Crippen LogP contribution in [0.15, 0.2) is 176 Å². The topological polar surface area (TPSA) is 62.4 Å². The Morgan fingerprint density at radius 1 is 0.327 bits per heavy atom. The minimum absolute atomic E-state index is 0.578. The molecule has 0 bridgehead atoms. The fourth-order valence-corrected chi connectivity index (χ4v) is 8.75. The van der Waals surface area contributed by atoms with Crippen molar-refractivity contribution in [3.8, 4) is 40.3 Å². The van der Waals surface area contributed by atoms with Crippen molar-refractivity contribution < 1.29 is 0 Å². The van der Waals surface area contributed by atoms with E-state index in [1.807, 2.05) is 30.3 Å². The third-order valence-corrected chi connectivity index (χ3v) is 11.0. The molecule has 0 aliphatic heterocycles. The summed E-state index contributed by atoms with van der Waals surface area (Å²) in [6.45, 7) is 0. The molecule has 254 valence electrons. The zero-order chi connectivity index (χ0) is 36.6. The lowest BCUT2D eigenvalue weighted by molar-refractivity contribution is 1.13. The number of rotatable bonds is 4. The molecule has 0 aliphatic rings. The largest absolute Gasteiger partial charge is 0.309 e. The Morgan fingerprint density at radius 3 is 1.51 bits per heavy atom. The van der Waals surface area contributed by atoms with Crippen molar-refractivity contribution in [2.45, 2.75) is 0 Å². The molecule has 8 aromatic carbocycles. The van der Waals surface area contributed by atoms with Crippen LogP contribution in [0.1, 0.15) is 11.1 Å². The van der Waals surface area contributed by atoms with Crippen molar-refractivity contribution in [3.05, 3.63) is 187 Å². The van der Waals surface area contributed by atoms with Gasteiger partial charge >= 0.3 is 0 Å². The lowest BCUT2D eigenvalue weighted by Gasteiger charge is -2.16. The van der Waals surface area contributed by atoms with E-state index in [9.17, 15) is 10.5 Å². The third kappa shape index (κ3) is 4.51. The van der Waals surface area contributed by atoms with Crippen LogP contribution in [-0.2, 0) is 0 Å². The van der Waals surface area contributed by atoms with Crippen LogP contribution in [0.4, 0.5) is 0 Å². The van der Waals surface area contributed by atoms with Gasteiger partial charge in [0.25, 0.3) is 0 Å². The lowest BCUT2D eigenvalue weighted by atomic mass is 10.0. The van der Waals surface area contributed by atoms with Crippen molar-refractivity contribution >= 4 is 65.4 Å². The first-order valence-corrected chi connectivity index (χ1v) is 18.3. The molecule has 11 aromatic rings. The first-order valence-electron chi connectivity index (χ1n) is 18.3. The van der Waals surface area contributed by atoms with Crippen molar-refractivity contribution in [3.63, 3.8) is 0 Å². The van der Waals surface area contributed by atoms with Gasteiger partial charge in [-0.05, 0) is 83.9 Å². The van der Waals surface area contributed by atoms with Gasteiger partial charge in [-0.25, -0.2) is 0 Å². The number of benzene rings is 8. The SMILES string of the molecule is N#Cc1cc(-c2cccc(-n3c4ccccc4c4ccc(C#N)cc43)c2)cc(-n2c3ccccc3c3cccc(-n4c5ccccc5c5ccccc54)c32)c1. The number of nitriles is 2. The van der Waals surface area contributed by atoms with Crippen molar-refractivity contribution in [1.82, 2.24) is 13.7 Å². The summed E-state index contributed by atoms with van der Waals surface area (Å²) in [6.07, 6.45) is 0. The molecule has 0 atom stereocenters. The molecule has 11 rings (SSSR count). The molecule has 0 radical (unpaired) electrons. The number of fused-ring (bicyclic) bond motifs is 9. The number of nitrogens with zero attached hydrogens (tertiary/aromatic N) is 5. The van der Waals surface area contributed by atoms with Crippen molar-refractivity contribution in [1.29, 1.82) is 10.5 Å². The van der Waals surface area contributed by atoms with Crippen molar-refractivity contribution in [2.75, 3.05) is 0 Å². The molecule has 0 saturated carbocycles. The average Bonchev–Trinajstić information content (AvgIpc) is 3.89. The molecule has 0 fully saturated rings. The number of para-hydroxylation sites is 5. The fraction of sp³-hybridized carbons (Fsp3) is 0. The minimum atomic E-state index is 0.578. The first-order chi connectivity index (χ1) is 27.2. The molecule has 3 aromatic heterocycles. The van der Waals surface area contributed by atoms with Crippen LogP contribution in [0, 0.1) is 22.7 Å². The normalized spacial score (nSPS) is 11.6. The number of hydrogen-bond acceptors (Lipinski definition) is 2. The second-order valence-electron chi connectivity index (χ2n) is 14.0. The van der Waals surface area contributed by atoms with Gasteiger partial charge < -0.3 is 13.7 Å². The molecule has 0 aliphatic carbocycles. The summed E-state index contributed by atoms with van der Waals surface area (Å²) in [5, 5.41) is 27.2. The number of hydrogen-bond donors (Lipinski definition) is 0. The zero-order valence-corrected chi connectivity index (χ0v) is 29.5. The van der Waals surface area contributed by atoms with Gasteiger partial charge in [-0.15, -0.1) is 0 Å². The summed E-state index contributed by atoms with van der Waals surface area (Å²) in [5.74, 6) is 0. The van der Waals surface area contributed by atoms with Gasteiger partial charge in [0.05, 0.1) is 62.1 Å². The van der Waals surface area contributed by atoms with Gasteiger partial charge in [0.1, 0.15) is 0 Å². The molecule has 5 heteroatoms. The van der Waals surface area contributed by atoms with E-state index in [-0.39, 0.29) is 0 Å². The standard InChI is InChI=1S/C50H29N5/c51-30-32-23-24-42-40-15-1-5-18-44(40)53(49(42)27-32)36-12-9-11-34(28-36)35-25-33(31-52)26-37(29-35)54-45-19-6-4-16-41(45)43-17-10-22-48(50(43)54)55-46-20-7-2-13-38(46)39-14-3-8-21-47(39)55/h1-29H.